The number of hydrogen-bond acceptors (Lipinski definition) is 1. The number of aromatic amines is 1. The van der Waals surface area contributed by atoms with Gasteiger partial charge >= 0.3 is 0 Å². The van der Waals surface area contributed by atoms with Crippen molar-refractivity contribution in [2.75, 3.05) is 0 Å². The fraction of sp³-hybridized carbons (Fsp3) is 0. The van der Waals surface area contributed by atoms with Crippen molar-refractivity contribution in [3.63, 3.8) is 0 Å². The van der Waals surface area contributed by atoms with Crippen LogP contribution < -0.4 is 5.43 Å². The molecule has 0 aliphatic carbocycles. The summed E-state index contributed by atoms with van der Waals surface area (Å²) in [5, 5.41) is 1.10. The second kappa shape index (κ2) is 3.68. The number of nitrogens with one attached hydrogen (secondary N) is 1. The Bertz CT molecular complexity index is 564. The summed E-state index contributed by atoms with van der Waals surface area (Å²) in [4.78, 5) is 14.7. The lowest BCUT2D eigenvalue weighted by Crippen LogP contribution is -2.03. The summed E-state index contributed by atoms with van der Waals surface area (Å²) in [6.07, 6.45) is 1.61. The summed E-state index contributed by atoms with van der Waals surface area (Å²) in [6.45, 7) is 0. The minimum absolute atomic E-state index is 0.0676. The van der Waals surface area contributed by atoms with Crippen molar-refractivity contribution in [3.05, 3.63) is 42.5 Å². The van der Waals surface area contributed by atoms with Crippen LogP contribution >= 0.6 is 43.5 Å². The number of pyridine rings is 1. The van der Waals surface area contributed by atoms with E-state index in [1.54, 1.807) is 18.3 Å². The molecule has 0 amide bonds. The highest BCUT2D eigenvalue weighted by molar-refractivity contribution is 9.11. The Labute approximate surface area is 102 Å². The summed E-state index contributed by atoms with van der Waals surface area (Å²) < 4.78 is 1.28. The molecule has 2 nitrogen and oxygen atoms in total. The molecule has 0 bridgehead atoms. The molecular formula is C9H4Br2ClNO. The van der Waals surface area contributed by atoms with Crippen LogP contribution in [0, 0.1) is 0 Å². The van der Waals surface area contributed by atoms with E-state index >= 15 is 0 Å². The van der Waals surface area contributed by atoms with Gasteiger partial charge in [-0.1, -0.05) is 11.6 Å². The van der Waals surface area contributed by atoms with Gasteiger partial charge in [0.1, 0.15) is 0 Å². The third kappa shape index (κ3) is 1.62. The SMILES string of the molecule is O=c1c(Br)c[nH]c2c(Br)cc(Cl)cc12. The van der Waals surface area contributed by atoms with E-state index in [2.05, 4.69) is 36.8 Å². The third-order valence-corrected chi connectivity index (χ3v) is 3.29. The van der Waals surface area contributed by atoms with Crippen molar-refractivity contribution in [2.24, 2.45) is 0 Å². The zero-order chi connectivity index (χ0) is 10.3. The van der Waals surface area contributed by atoms with Crippen LogP contribution in [-0.2, 0) is 0 Å². The second-order valence-corrected chi connectivity index (χ2v) is 4.92. The molecule has 1 N–H and O–H groups in total. The largest absolute Gasteiger partial charge is 0.359 e. The molecule has 0 unspecified atom stereocenters. The van der Waals surface area contributed by atoms with E-state index in [-0.39, 0.29) is 5.43 Å². The van der Waals surface area contributed by atoms with Crippen LogP contribution in [0.3, 0.4) is 0 Å². The summed E-state index contributed by atoms with van der Waals surface area (Å²) in [5.41, 5.74) is 0.685. The molecule has 0 aliphatic heterocycles. The Kier molecular flexibility index (Phi) is 2.68. The van der Waals surface area contributed by atoms with E-state index in [0.29, 0.717) is 14.9 Å². The van der Waals surface area contributed by atoms with Gasteiger partial charge in [0.2, 0.25) is 5.43 Å². The fourth-order valence-corrected chi connectivity index (χ4v) is 2.48. The Morgan fingerprint density at radius 2 is 1.93 bits per heavy atom. The van der Waals surface area contributed by atoms with E-state index < -0.39 is 0 Å². The summed E-state index contributed by atoms with van der Waals surface area (Å²) in [6, 6.07) is 3.39. The lowest BCUT2D eigenvalue weighted by molar-refractivity contribution is 1.35. The van der Waals surface area contributed by atoms with Gasteiger partial charge in [0.15, 0.2) is 0 Å². The third-order valence-electron chi connectivity index (χ3n) is 1.86. The van der Waals surface area contributed by atoms with Gasteiger partial charge in [-0.3, -0.25) is 4.79 Å². The minimum Gasteiger partial charge on any atom is -0.359 e. The summed E-state index contributed by atoms with van der Waals surface area (Å²) >= 11 is 12.3. The number of aromatic nitrogens is 1. The number of hydrogen-bond donors (Lipinski definition) is 1. The molecule has 1 aromatic heterocycles. The summed E-state index contributed by atoms with van der Waals surface area (Å²) in [5.74, 6) is 0. The molecule has 2 rings (SSSR count). The first-order valence-corrected chi connectivity index (χ1v) is 5.72. The molecule has 0 radical (unpaired) electrons. The van der Waals surface area contributed by atoms with Gasteiger partial charge in [-0.05, 0) is 44.0 Å². The highest BCUT2D eigenvalue weighted by atomic mass is 79.9. The Morgan fingerprint density at radius 1 is 1.21 bits per heavy atom. The average molecular weight is 337 g/mol. The highest BCUT2D eigenvalue weighted by Crippen LogP contribution is 2.25. The maximum absolute atomic E-state index is 11.7. The standard InChI is InChI=1S/C9H4Br2ClNO/c10-6-2-4(12)1-5-8(6)13-3-7(11)9(5)14/h1-3H,(H,13,14). The van der Waals surface area contributed by atoms with Crippen molar-refractivity contribution in [1.29, 1.82) is 0 Å². The fourth-order valence-electron chi connectivity index (χ4n) is 1.23. The van der Waals surface area contributed by atoms with Gasteiger partial charge in [0.05, 0.1) is 9.99 Å². The number of fused-ring (bicyclic) bond motifs is 1. The molecule has 0 fully saturated rings. The number of halogens is 3. The average Bonchev–Trinajstić information content (AvgIpc) is 2.12. The predicted molar refractivity (Wildman–Crippen MR) is 65.0 cm³/mol. The lowest BCUT2D eigenvalue weighted by Gasteiger charge is -2.01. The smallest absolute Gasteiger partial charge is 0.203 e. The van der Waals surface area contributed by atoms with Crippen molar-refractivity contribution in [1.82, 2.24) is 4.98 Å². The maximum Gasteiger partial charge on any atom is 0.203 e. The number of H-pyrrole nitrogens is 1. The van der Waals surface area contributed by atoms with Crippen LogP contribution in [0.15, 0.2) is 32.1 Å². The van der Waals surface area contributed by atoms with E-state index in [0.717, 1.165) is 9.99 Å². The first kappa shape index (κ1) is 10.2. The lowest BCUT2D eigenvalue weighted by atomic mass is 10.2. The molecule has 0 saturated carbocycles. The van der Waals surface area contributed by atoms with Crippen LogP contribution in [0.25, 0.3) is 10.9 Å². The second-order valence-electron chi connectivity index (χ2n) is 2.78. The Balaban J connectivity index is 3.03. The molecule has 1 heterocycles. The van der Waals surface area contributed by atoms with E-state index in [1.807, 2.05) is 0 Å². The number of benzene rings is 1. The minimum atomic E-state index is -0.0676. The van der Waals surface area contributed by atoms with Gasteiger partial charge < -0.3 is 4.98 Å². The molecule has 72 valence electrons. The molecule has 0 aliphatic rings. The molecule has 14 heavy (non-hydrogen) atoms. The van der Waals surface area contributed by atoms with Crippen LogP contribution in [0.4, 0.5) is 0 Å². The normalized spacial score (nSPS) is 10.8. The first-order valence-electron chi connectivity index (χ1n) is 3.75. The van der Waals surface area contributed by atoms with E-state index in [4.69, 9.17) is 11.6 Å². The van der Waals surface area contributed by atoms with Crippen LogP contribution in [0.5, 0.6) is 0 Å². The van der Waals surface area contributed by atoms with E-state index in [9.17, 15) is 4.79 Å². The van der Waals surface area contributed by atoms with Crippen molar-refractivity contribution >= 4 is 54.4 Å². The van der Waals surface area contributed by atoms with Crippen LogP contribution in [-0.4, -0.2) is 4.98 Å². The Hall–Kier alpha value is -0.320. The van der Waals surface area contributed by atoms with Crippen LogP contribution in [0.2, 0.25) is 5.02 Å². The topological polar surface area (TPSA) is 32.9 Å². The van der Waals surface area contributed by atoms with Gasteiger partial charge in [0.25, 0.3) is 0 Å². The van der Waals surface area contributed by atoms with Gasteiger partial charge in [-0.25, -0.2) is 0 Å². The van der Waals surface area contributed by atoms with Gasteiger partial charge in [-0.15, -0.1) is 0 Å². The predicted octanol–water partition coefficient (Wildman–Crippen LogP) is 3.71. The molecule has 2 aromatic rings. The van der Waals surface area contributed by atoms with Crippen molar-refractivity contribution in [2.45, 2.75) is 0 Å². The van der Waals surface area contributed by atoms with Crippen molar-refractivity contribution < 1.29 is 0 Å². The highest BCUT2D eigenvalue weighted by Gasteiger charge is 2.06. The zero-order valence-electron chi connectivity index (χ0n) is 6.77. The molecule has 5 heteroatoms. The van der Waals surface area contributed by atoms with E-state index in [1.165, 1.54) is 0 Å². The van der Waals surface area contributed by atoms with Gasteiger partial charge in [0, 0.05) is 21.1 Å². The monoisotopic (exact) mass is 335 g/mol. The van der Waals surface area contributed by atoms with Crippen LogP contribution in [0.1, 0.15) is 0 Å². The first-order chi connectivity index (χ1) is 6.59. The van der Waals surface area contributed by atoms with Crippen molar-refractivity contribution in [3.8, 4) is 0 Å². The quantitative estimate of drug-likeness (QED) is 0.781. The van der Waals surface area contributed by atoms with Gasteiger partial charge in [-0.2, -0.15) is 0 Å². The molecule has 1 aromatic carbocycles. The Morgan fingerprint density at radius 3 is 2.64 bits per heavy atom. The maximum atomic E-state index is 11.7. The molecular weight excluding hydrogens is 333 g/mol. The molecule has 0 atom stereocenters. The molecule has 0 saturated heterocycles. The molecule has 0 spiro atoms. The summed E-state index contributed by atoms with van der Waals surface area (Å²) in [7, 11) is 0. The zero-order valence-corrected chi connectivity index (χ0v) is 10.7. The number of rotatable bonds is 0.